The highest BCUT2D eigenvalue weighted by atomic mass is 16.5. The van der Waals surface area contributed by atoms with E-state index in [1.807, 2.05) is 49.6 Å². The van der Waals surface area contributed by atoms with E-state index in [1.165, 1.54) is 19.4 Å². The largest absolute Gasteiger partial charge is 0.492 e. The Balaban J connectivity index is 1.34. The van der Waals surface area contributed by atoms with Crippen LogP contribution < -0.4 is 9.64 Å². The smallest absolute Gasteiger partial charge is 0.225 e. The van der Waals surface area contributed by atoms with Gasteiger partial charge < -0.3 is 9.64 Å². The fourth-order valence-electron chi connectivity index (χ4n) is 4.03. The second-order valence-corrected chi connectivity index (χ2v) is 7.11. The summed E-state index contributed by atoms with van der Waals surface area (Å²) in [5.41, 5.74) is 1.11. The maximum absolute atomic E-state index is 5.89. The molecule has 0 N–H and O–H groups in total. The van der Waals surface area contributed by atoms with Gasteiger partial charge in [-0.3, -0.25) is 4.90 Å². The van der Waals surface area contributed by atoms with E-state index in [2.05, 4.69) is 19.8 Å². The first-order chi connectivity index (χ1) is 12.3. The molecule has 0 saturated carbocycles. The van der Waals surface area contributed by atoms with E-state index in [9.17, 15) is 0 Å². The number of aryl methyl sites for hydroxylation is 1. The second-order valence-electron chi connectivity index (χ2n) is 7.11. The molecule has 2 aliphatic rings. The molecule has 4 rings (SSSR count). The molecule has 2 unspecified atom stereocenters. The van der Waals surface area contributed by atoms with Crippen LogP contribution in [0.5, 0.6) is 5.75 Å². The Morgan fingerprint density at radius 2 is 1.84 bits per heavy atom. The summed E-state index contributed by atoms with van der Waals surface area (Å²) in [5.74, 6) is 2.63. The average Bonchev–Trinajstić information content (AvgIpc) is 3.06. The minimum Gasteiger partial charge on any atom is -0.492 e. The van der Waals surface area contributed by atoms with Gasteiger partial charge in [0.05, 0.1) is 0 Å². The number of benzene rings is 1. The summed E-state index contributed by atoms with van der Waals surface area (Å²) in [7, 11) is 0. The van der Waals surface area contributed by atoms with Crippen LogP contribution in [0.25, 0.3) is 0 Å². The number of nitrogens with zero attached hydrogens (tertiary/aromatic N) is 4. The molecule has 2 fully saturated rings. The first kappa shape index (κ1) is 16.3. The van der Waals surface area contributed by atoms with E-state index >= 15 is 0 Å². The van der Waals surface area contributed by atoms with Gasteiger partial charge in [-0.1, -0.05) is 18.2 Å². The SMILES string of the molecule is Cc1cnc(N2CCC3CCN(CCOc4ccccc4)C3C2)nc1. The molecule has 25 heavy (non-hydrogen) atoms. The maximum Gasteiger partial charge on any atom is 0.225 e. The number of hydrogen-bond donors (Lipinski definition) is 0. The van der Waals surface area contributed by atoms with Gasteiger partial charge in [-0.05, 0) is 49.9 Å². The van der Waals surface area contributed by atoms with Gasteiger partial charge in [0.15, 0.2) is 0 Å². The van der Waals surface area contributed by atoms with Gasteiger partial charge in [0, 0.05) is 38.1 Å². The lowest BCUT2D eigenvalue weighted by Crippen LogP contribution is -2.49. The lowest BCUT2D eigenvalue weighted by Gasteiger charge is -2.38. The van der Waals surface area contributed by atoms with Crippen molar-refractivity contribution >= 4 is 5.95 Å². The van der Waals surface area contributed by atoms with Crippen LogP contribution >= 0.6 is 0 Å². The third kappa shape index (κ3) is 3.76. The molecule has 0 bridgehead atoms. The predicted molar refractivity (Wildman–Crippen MR) is 99.0 cm³/mol. The van der Waals surface area contributed by atoms with Crippen molar-refractivity contribution in [3.8, 4) is 5.75 Å². The standard InChI is InChI=1S/C20H26N4O/c1-16-13-21-20(22-14-16)24-10-8-17-7-9-23(19(17)15-24)11-12-25-18-5-3-2-4-6-18/h2-6,13-14,17,19H,7-12,15H2,1H3. The molecule has 2 atom stereocenters. The molecule has 0 radical (unpaired) electrons. The Bertz CT molecular complexity index is 676. The number of ether oxygens (including phenoxy) is 1. The number of piperidine rings is 1. The molecule has 0 spiro atoms. The van der Waals surface area contributed by atoms with E-state index in [-0.39, 0.29) is 0 Å². The molecular weight excluding hydrogens is 312 g/mol. The number of rotatable bonds is 5. The highest BCUT2D eigenvalue weighted by molar-refractivity contribution is 5.31. The zero-order chi connectivity index (χ0) is 17.1. The van der Waals surface area contributed by atoms with Crippen LogP contribution in [0.1, 0.15) is 18.4 Å². The lowest BCUT2D eigenvalue weighted by atomic mass is 9.92. The van der Waals surface area contributed by atoms with Crippen molar-refractivity contribution in [1.29, 1.82) is 0 Å². The van der Waals surface area contributed by atoms with Crippen molar-refractivity contribution in [2.75, 3.05) is 37.7 Å². The average molecular weight is 338 g/mol. The number of hydrogen-bond acceptors (Lipinski definition) is 5. The molecule has 3 heterocycles. The van der Waals surface area contributed by atoms with Gasteiger partial charge in [0.1, 0.15) is 12.4 Å². The summed E-state index contributed by atoms with van der Waals surface area (Å²) in [5, 5.41) is 0. The van der Waals surface area contributed by atoms with Crippen molar-refractivity contribution < 1.29 is 4.74 Å². The molecule has 2 saturated heterocycles. The summed E-state index contributed by atoms with van der Waals surface area (Å²) in [6.45, 7) is 7.03. The van der Waals surface area contributed by atoms with Gasteiger partial charge >= 0.3 is 0 Å². The van der Waals surface area contributed by atoms with E-state index < -0.39 is 0 Å². The van der Waals surface area contributed by atoms with Crippen LogP contribution in [-0.2, 0) is 0 Å². The molecular formula is C20H26N4O. The van der Waals surface area contributed by atoms with Crippen LogP contribution in [0, 0.1) is 12.8 Å². The Hall–Kier alpha value is -2.14. The van der Waals surface area contributed by atoms with Gasteiger partial charge in [0.2, 0.25) is 5.95 Å². The fraction of sp³-hybridized carbons (Fsp3) is 0.500. The summed E-state index contributed by atoms with van der Waals surface area (Å²) in [6.07, 6.45) is 6.36. The molecule has 132 valence electrons. The van der Waals surface area contributed by atoms with Crippen LogP contribution in [0.2, 0.25) is 0 Å². The fourth-order valence-corrected chi connectivity index (χ4v) is 4.03. The van der Waals surface area contributed by atoms with E-state index in [0.29, 0.717) is 6.04 Å². The first-order valence-electron chi connectivity index (χ1n) is 9.25. The normalized spacial score (nSPS) is 23.5. The monoisotopic (exact) mass is 338 g/mol. The summed E-state index contributed by atoms with van der Waals surface area (Å²) in [6, 6.07) is 10.7. The highest BCUT2D eigenvalue weighted by Gasteiger charge is 2.38. The van der Waals surface area contributed by atoms with Crippen LogP contribution in [0.4, 0.5) is 5.95 Å². The minimum atomic E-state index is 0.595. The van der Waals surface area contributed by atoms with Gasteiger partial charge in [-0.2, -0.15) is 0 Å². The van der Waals surface area contributed by atoms with Gasteiger partial charge in [0.25, 0.3) is 0 Å². The first-order valence-corrected chi connectivity index (χ1v) is 9.25. The lowest BCUT2D eigenvalue weighted by molar-refractivity contribution is 0.171. The van der Waals surface area contributed by atoms with E-state index in [4.69, 9.17) is 4.74 Å². The molecule has 0 amide bonds. The quantitative estimate of drug-likeness (QED) is 0.838. The Morgan fingerprint density at radius 3 is 2.64 bits per heavy atom. The van der Waals surface area contributed by atoms with Crippen molar-refractivity contribution in [2.45, 2.75) is 25.8 Å². The molecule has 2 aliphatic heterocycles. The number of likely N-dealkylation sites (tertiary alicyclic amines) is 1. The maximum atomic E-state index is 5.89. The Kier molecular flexibility index (Phi) is 4.83. The predicted octanol–water partition coefficient (Wildman–Crippen LogP) is 2.76. The number of fused-ring (bicyclic) bond motifs is 1. The van der Waals surface area contributed by atoms with Crippen molar-refractivity contribution in [1.82, 2.24) is 14.9 Å². The van der Waals surface area contributed by atoms with Crippen LogP contribution in [0.15, 0.2) is 42.7 Å². The zero-order valence-electron chi connectivity index (χ0n) is 14.8. The molecule has 1 aromatic heterocycles. The van der Waals surface area contributed by atoms with Crippen molar-refractivity contribution in [3.05, 3.63) is 48.3 Å². The Morgan fingerprint density at radius 1 is 1.08 bits per heavy atom. The highest BCUT2D eigenvalue weighted by Crippen LogP contribution is 2.32. The van der Waals surface area contributed by atoms with E-state index in [0.717, 1.165) is 49.4 Å². The van der Waals surface area contributed by atoms with Crippen LogP contribution in [-0.4, -0.2) is 53.7 Å². The minimum absolute atomic E-state index is 0.595. The zero-order valence-corrected chi connectivity index (χ0v) is 14.8. The number of aromatic nitrogens is 2. The third-order valence-corrected chi connectivity index (χ3v) is 5.42. The molecule has 5 heteroatoms. The number of anilines is 1. The molecule has 0 aliphatic carbocycles. The van der Waals surface area contributed by atoms with Gasteiger partial charge in [-0.15, -0.1) is 0 Å². The summed E-state index contributed by atoms with van der Waals surface area (Å²) < 4.78 is 5.89. The molecule has 2 aromatic rings. The van der Waals surface area contributed by atoms with Gasteiger partial charge in [-0.25, -0.2) is 9.97 Å². The molecule has 5 nitrogen and oxygen atoms in total. The third-order valence-electron chi connectivity index (χ3n) is 5.42. The van der Waals surface area contributed by atoms with E-state index in [1.54, 1.807) is 0 Å². The Labute approximate surface area is 149 Å². The van der Waals surface area contributed by atoms with Crippen molar-refractivity contribution in [3.63, 3.8) is 0 Å². The van der Waals surface area contributed by atoms with Crippen molar-refractivity contribution in [2.24, 2.45) is 5.92 Å². The summed E-state index contributed by atoms with van der Waals surface area (Å²) in [4.78, 5) is 14.0. The summed E-state index contributed by atoms with van der Waals surface area (Å²) >= 11 is 0. The molecule has 1 aromatic carbocycles. The topological polar surface area (TPSA) is 41.5 Å². The number of para-hydroxylation sites is 1. The van der Waals surface area contributed by atoms with Crippen LogP contribution in [0.3, 0.4) is 0 Å². The second kappa shape index (κ2) is 7.40.